The fourth-order valence-electron chi connectivity index (χ4n) is 1.55. The Morgan fingerprint density at radius 1 is 1.32 bits per heavy atom. The summed E-state index contributed by atoms with van der Waals surface area (Å²) in [7, 11) is 2.92. The molecule has 108 valence electrons. The molecular weight excluding hydrogens is 316 g/mol. The first-order valence-electron chi connectivity index (χ1n) is 5.97. The summed E-state index contributed by atoms with van der Waals surface area (Å²) in [4.78, 5) is 8.08. The highest BCUT2D eigenvalue weighted by atomic mass is 79.9. The molecule has 1 N–H and O–H groups in total. The van der Waals surface area contributed by atoms with E-state index in [1.165, 1.54) is 14.2 Å². The van der Waals surface area contributed by atoms with Crippen molar-refractivity contribution in [2.24, 2.45) is 0 Å². The lowest BCUT2D eigenvalue weighted by Crippen LogP contribution is -1.98. The first kappa shape index (κ1) is 16.1. The van der Waals surface area contributed by atoms with Crippen molar-refractivity contribution in [2.75, 3.05) is 32.8 Å². The first-order valence-corrected chi connectivity index (χ1v) is 7.09. The minimum absolute atomic E-state index is 0.203. The van der Waals surface area contributed by atoms with Crippen LogP contribution in [0.3, 0.4) is 0 Å². The van der Waals surface area contributed by atoms with E-state index < -0.39 is 0 Å². The minimum atomic E-state index is 0.203. The number of alkyl halides is 1. The Morgan fingerprint density at radius 2 is 2.05 bits per heavy atom. The largest absolute Gasteiger partial charge is 0.504 e. The lowest BCUT2D eigenvalue weighted by molar-refractivity contribution is -0.248. The van der Waals surface area contributed by atoms with E-state index in [-0.39, 0.29) is 5.75 Å². The molecule has 0 saturated carbocycles. The Hall–Kier alpha value is -0.980. The zero-order valence-electron chi connectivity index (χ0n) is 11.1. The minimum Gasteiger partial charge on any atom is -0.504 e. The average molecular weight is 335 g/mol. The van der Waals surface area contributed by atoms with Crippen LogP contribution in [-0.4, -0.2) is 37.9 Å². The van der Waals surface area contributed by atoms with Gasteiger partial charge in [-0.15, -0.1) is 0 Å². The monoisotopic (exact) mass is 334 g/mol. The van der Waals surface area contributed by atoms with Gasteiger partial charge in [-0.3, -0.25) is 0 Å². The van der Waals surface area contributed by atoms with Gasteiger partial charge in [0.15, 0.2) is 11.5 Å². The third-order valence-corrected chi connectivity index (χ3v) is 3.03. The summed E-state index contributed by atoms with van der Waals surface area (Å²) < 4.78 is 10.8. The summed E-state index contributed by atoms with van der Waals surface area (Å²) >= 11 is 3.32. The second-order valence-corrected chi connectivity index (χ2v) is 4.54. The van der Waals surface area contributed by atoms with Gasteiger partial charge in [-0.25, -0.2) is 9.78 Å². The highest BCUT2D eigenvalue weighted by molar-refractivity contribution is 9.09. The van der Waals surface area contributed by atoms with Crippen LogP contribution < -0.4 is 9.47 Å². The number of ether oxygens (including phenoxy) is 2. The molecule has 1 aliphatic rings. The Kier molecular flexibility index (Phi) is 7.62. The molecule has 5 nitrogen and oxygen atoms in total. The molecule has 0 aromatic heterocycles. The molecule has 1 heterocycles. The van der Waals surface area contributed by atoms with E-state index in [0.717, 1.165) is 29.5 Å². The van der Waals surface area contributed by atoms with Gasteiger partial charge in [-0.2, -0.15) is 0 Å². The molecule has 0 saturated heterocycles. The predicted molar refractivity (Wildman–Crippen MR) is 75.2 cm³/mol. The lowest BCUT2D eigenvalue weighted by atomic mass is 10.1. The molecule has 0 atom stereocenters. The highest BCUT2D eigenvalue weighted by Gasteiger charge is 2.16. The summed E-state index contributed by atoms with van der Waals surface area (Å²) in [6.45, 7) is 1.29. The smallest absolute Gasteiger partial charge is 0.164 e. The van der Waals surface area contributed by atoms with Crippen molar-refractivity contribution < 1.29 is 24.4 Å². The van der Waals surface area contributed by atoms with Crippen LogP contribution in [0.1, 0.15) is 12.0 Å². The van der Waals surface area contributed by atoms with Crippen molar-refractivity contribution in [1.82, 2.24) is 0 Å². The van der Waals surface area contributed by atoms with E-state index in [9.17, 15) is 5.11 Å². The molecular formula is C13H19BrO5. The number of fused-ring (bicyclic) bond motifs is 1. The number of aromatic hydroxyl groups is 1. The van der Waals surface area contributed by atoms with Gasteiger partial charge in [0.25, 0.3) is 0 Å². The van der Waals surface area contributed by atoms with Crippen molar-refractivity contribution in [3.63, 3.8) is 0 Å². The summed E-state index contributed by atoms with van der Waals surface area (Å²) in [5.41, 5.74) is 1.06. The second kappa shape index (κ2) is 9.01. The summed E-state index contributed by atoms with van der Waals surface area (Å²) in [6, 6.07) is 3.50. The standard InChI is InChI=1S/C11H13BrO3.C2H6O2/c12-3-1-4-14-11-7-10-8(2-5-15-10)6-9(11)13;1-3-4-2/h6-7,13H,1-5H2;1-2H3. The first-order chi connectivity index (χ1) is 9.22. The quantitative estimate of drug-likeness (QED) is 0.388. The number of hydrogen-bond acceptors (Lipinski definition) is 5. The normalized spacial score (nSPS) is 12.2. The lowest BCUT2D eigenvalue weighted by Gasteiger charge is -2.09. The molecule has 6 heteroatoms. The number of hydrogen-bond donors (Lipinski definition) is 1. The maximum Gasteiger partial charge on any atom is 0.164 e. The topological polar surface area (TPSA) is 57.2 Å². The third kappa shape index (κ3) is 5.26. The summed E-state index contributed by atoms with van der Waals surface area (Å²) in [6.07, 6.45) is 1.78. The van der Waals surface area contributed by atoms with E-state index in [1.54, 1.807) is 12.1 Å². The van der Waals surface area contributed by atoms with Gasteiger partial charge in [-0.05, 0) is 12.5 Å². The number of halogens is 1. The predicted octanol–water partition coefficient (Wildman–Crippen LogP) is 2.69. The van der Waals surface area contributed by atoms with Gasteiger partial charge in [0.1, 0.15) is 5.75 Å². The molecule has 0 radical (unpaired) electrons. The molecule has 1 aliphatic heterocycles. The van der Waals surface area contributed by atoms with Crippen LogP contribution in [0.2, 0.25) is 0 Å². The Balaban J connectivity index is 0.000000399. The SMILES string of the molecule is COOC.Oc1cc2c(cc1OCCCBr)OCC2. The van der Waals surface area contributed by atoms with Crippen molar-refractivity contribution in [3.8, 4) is 17.2 Å². The molecule has 0 bridgehead atoms. The van der Waals surface area contributed by atoms with Crippen LogP contribution in [0.4, 0.5) is 0 Å². The number of rotatable bonds is 5. The van der Waals surface area contributed by atoms with Gasteiger partial charge < -0.3 is 14.6 Å². The molecule has 0 aliphatic carbocycles. The summed E-state index contributed by atoms with van der Waals surface area (Å²) in [5, 5.41) is 10.6. The number of phenolic OH excluding ortho intramolecular Hbond substituents is 1. The van der Waals surface area contributed by atoms with E-state index in [4.69, 9.17) is 9.47 Å². The van der Waals surface area contributed by atoms with Crippen molar-refractivity contribution in [2.45, 2.75) is 12.8 Å². The maximum absolute atomic E-state index is 9.68. The summed E-state index contributed by atoms with van der Waals surface area (Å²) in [5.74, 6) is 1.55. The average Bonchev–Trinajstić information content (AvgIpc) is 2.86. The molecule has 0 fully saturated rings. The fraction of sp³-hybridized carbons (Fsp3) is 0.538. The van der Waals surface area contributed by atoms with Gasteiger partial charge in [0, 0.05) is 23.4 Å². The van der Waals surface area contributed by atoms with Crippen molar-refractivity contribution in [3.05, 3.63) is 17.7 Å². The molecule has 1 aromatic carbocycles. The molecule has 19 heavy (non-hydrogen) atoms. The molecule has 0 spiro atoms. The Morgan fingerprint density at radius 3 is 2.68 bits per heavy atom. The Labute approximate surface area is 121 Å². The van der Waals surface area contributed by atoms with Crippen LogP contribution >= 0.6 is 15.9 Å². The molecule has 2 rings (SSSR count). The van der Waals surface area contributed by atoms with Crippen molar-refractivity contribution in [1.29, 1.82) is 0 Å². The van der Waals surface area contributed by atoms with Crippen molar-refractivity contribution >= 4 is 15.9 Å². The second-order valence-electron chi connectivity index (χ2n) is 3.75. The van der Waals surface area contributed by atoms with E-state index in [0.29, 0.717) is 19.0 Å². The van der Waals surface area contributed by atoms with Gasteiger partial charge in [0.2, 0.25) is 0 Å². The van der Waals surface area contributed by atoms with Crippen LogP contribution in [-0.2, 0) is 16.2 Å². The van der Waals surface area contributed by atoms with E-state index >= 15 is 0 Å². The fourth-order valence-corrected chi connectivity index (χ4v) is 1.77. The van der Waals surface area contributed by atoms with Gasteiger partial charge in [0.05, 0.1) is 27.4 Å². The zero-order valence-corrected chi connectivity index (χ0v) is 12.7. The van der Waals surface area contributed by atoms with Gasteiger partial charge >= 0.3 is 0 Å². The zero-order chi connectivity index (χ0) is 14.1. The van der Waals surface area contributed by atoms with Crippen LogP contribution in [0.5, 0.6) is 17.2 Å². The third-order valence-electron chi connectivity index (χ3n) is 2.47. The number of phenols is 1. The van der Waals surface area contributed by atoms with Crippen LogP contribution in [0.25, 0.3) is 0 Å². The molecule has 0 unspecified atom stereocenters. The van der Waals surface area contributed by atoms with E-state index in [1.807, 2.05) is 0 Å². The van der Waals surface area contributed by atoms with Crippen LogP contribution in [0.15, 0.2) is 12.1 Å². The molecule has 1 aromatic rings. The Bertz CT molecular complexity index is 382. The molecule has 0 amide bonds. The number of benzene rings is 1. The van der Waals surface area contributed by atoms with Gasteiger partial charge in [-0.1, -0.05) is 15.9 Å². The van der Waals surface area contributed by atoms with E-state index in [2.05, 4.69) is 25.7 Å². The maximum atomic E-state index is 9.68. The highest BCUT2D eigenvalue weighted by Crippen LogP contribution is 2.36. The van der Waals surface area contributed by atoms with Crippen LogP contribution in [0, 0.1) is 0 Å².